The van der Waals surface area contributed by atoms with Gasteiger partial charge in [-0.3, -0.25) is 9.52 Å². The van der Waals surface area contributed by atoms with E-state index in [1.165, 1.54) is 6.07 Å². The van der Waals surface area contributed by atoms with E-state index in [1.54, 1.807) is 25.1 Å². The summed E-state index contributed by atoms with van der Waals surface area (Å²) in [6, 6.07) is 24.0. The van der Waals surface area contributed by atoms with Gasteiger partial charge in [0.15, 0.2) is 0 Å². The van der Waals surface area contributed by atoms with Crippen molar-refractivity contribution in [2.24, 2.45) is 0 Å². The molecule has 0 bridgehead atoms. The molecular weight excluding hydrogens is 460 g/mol. The Morgan fingerprint density at radius 3 is 2.43 bits per heavy atom. The minimum Gasteiger partial charge on any atom is -0.491 e. The van der Waals surface area contributed by atoms with Crippen molar-refractivity contribution in [1.29, 1.82) is 0 Å². The topological polar surface area (TPSA) is 84.5 Å². The van der Waals surface area contributed by atoms with E-state index in [1.807, 2.05) is 68.4 Å². The molecule has 6 nitrogen and oxygen atoms in total. The molecule has 0 saturated heterocycles. The lowest BCUT2D eigenvalue weighted by atomic mass is 10.1. The Morgan fingerprint density at radius 1 is 0.857 bits per heavy atom. The fourth-order valence-corrected chi connectivity index (χ4v) is 5.22. The molecule has 0 aromatic heterocycles. The monoisotopic (exact) mass is 488 g/mol. The van der Waals surface area contributed by atoms with Gasteiger partial charge in [-0.05, 0) is 67.1 Å². The quantitative estimate of drug-likeness (QED) is 0.326. The molecule has 4 aromatic carbocycles. The maximum atomic E-state index is 13.1. The molecule has 4 rings (SSSR count). The highest BCUT2D eigenvalue weighted by atomic mass is 32.2. The van der Waals surface area contributed by atoms with E-state index >= 15 is 0 Å². The first-order valence-corrected chi connectivity index (χ1v) is 12.8. The number of carbonyl (C=O) groups is 1. The standard InChI is InChI=1S/C28H28N2O4S/c1-19-11-12-20(2)25(17-19)30-35(32,33)27-18-23(14-13-21(27)3)28(31)29-15-16-34-26-10-6-8-22-7-4-5-9-24(22)26/h4-14,17-18,30H,15-16H2,1-3H3,(H,29,31). The molecule has 0 saturated carbocycles. The zero-order valence-corrected chi connectivity index (χ0v) is 20.8. The van der Waals surface area contributed by atoms with Crippen LogP contribution in [0.5, 0.6) is 5.75 Å². The van der Waals surface area contributed by atoms with E-state index < -0.39 is 10.0 Å². The molecule has 35 heavy (non-hydrogen) atoms. The van der Waals surface area contributed by atoms with E-state index in [0.717, 1.165) is 27.6 Å². The zero-order chi connectivity index (χ0) is 25.0. The second kappa shape index (κ2) is 10.2. The third-order valence-corrected chi connectivity index (χ3v) is 7.28. The second-order valence-electron chi connectivity index (χ2n) is 8.49. The van der Waals surface area contributed by atoms with Gasteiger partial charge in [-0.15, -0.1) is 0 Å². The summed E-state index contributed by atoms with van der Waals surface area (Å²) in [5.41, 5.74) is 3.10. The highest BCUT2D eigenvalue weighted by Crippen LogP contribution is 2.25. The van der Waals surface area contributed by atoms with Crippen molar-refractivity contribution in [3.05, 3.63) is 101 Å². The summed E-state index contributed by atoms with van der Waals surface area (Å²) in [6.07, 6.45) is 0. The summed E-state index contributed by atoms with van der Waals surface area (Å²) >= 11 is 0. The van der Waals surface area contributed by atoms with Gasteiger partial charge in [-0.2, -0.15) is 0 Å². The normalized spacial score (nSPS) is 11.3. The summed E-state index contributed by atoms with van der Waals surface area (Å²) in [7, 11) is -3.88. The first-order chi connectivity index (χ1) is 16.7. The number of hydrogen-bond acceptors (Lipinski definition) is 4. The lowest BCUT2D eigenvalue weighted by molar-refractivity contribution is 0.0947. The van der Waals surface area contributed by atoms with Gasteiger partial charge in [0.2, 0.25) is 0 Å². The van der Waals surface area contributed by atoms with Crippen LogP contribution in [0, 0.1) is 20.8 Å². The van der Waals surface area contributed by atoms with Crippen molar-refractivity contribution in [2.75, 3.05) is 17.9 Å². The number of anilines is 1. The Labute approximate surface area is 206 Å². The van der Waals surface area contributed by atoms with Crippen LogP contribution >= 0.6 is 0 Å². The molecule has 1 amide bonds. The fraction of sp³-hybridized carbons (Fsp3) is 0.179. The highest BCUT2D eigenvalue weighted by Gasteiger charge is 2.20. The van der Waals surface area contributed by atoms with Crippen molar-refractivity contribution >= 4 is 32.4 Å². The van der Waals surface area contributed by atoms with Gasteiger partial charge >= 0.3 is 0 Å². The van der Waals surface area contributed by atoms with Crippen molar-refractivity contribution in [1.82, 2.24) is 5.32 Å². The van der Waals surface area contributed by atoms with E-state index in [0.29, 0.717) is 11.3 Å². The van der Waals surface area contributed by atoms with Crippen molar-refractivity contribution in [3.8, 4) is 5.75 Å². The van der Waals surface area contributed by atoms with Crippen LogP contribution < -0.4 is 14.8 Å². The maximum Gasteiger partial charge on any atom is 0.262 e. The Bertz CT molecular complexity index is 1490. The number of ether oxygens (including phenoxy) is 1. The number of hydrogen-bond donors (Lipinski definition) is 2. The minimum atomic E-state index is -3.88. The Hall–Kier alpha value is -3.84. The first-order valence-electron chi connectivity index (χ1n) is 11.3. The lowest BCUT2D eigenvalue weighted by Crippen LogP contribution is -2.28. The minimum absolute atomic E-state index is 0.0676. The van der Waals surface area contributed by atoms with Gasteiger partial charge in [0, 0.05) is 10.9 Å². The van der Waals surface area contributed by atoms with Crippen LogP contribution in [0.25, 0.3) is 10.8 Å². The number of aryl methyl sites for hydroxylation is 3. The largest absolute Gasteiger partial charge is 0.491 e. The van der Waals surface area contributed by atoms with Crippen LogP contribution in [-0.2, 0) is 10.0 Å². The summed E-state index contributed by atoms with van der Waals surface area (Å²) in [6.45, 7) is 6.01. The summed E-state index contributed by atoms with van der Waals surface area (Å²) in [5, 5.41) is 4.89. The number of fused-ring (bicyclic) bond motifs is 1. The molecule has 180 valence electrons. The molecule has 0 heterocycles. The average Bonchev–Trinajstić information content (AvgIpc) is 2.84. The van der Waals surface area contributed by atoms with Gasteiger partial charge in [0.1, 0.15) is 12.4 Å². The third kappa shape index (κ3) is 5.63. The van der Waals surface area contributed by atoms with Gasteiger partial charge in [-0.25, -0.2) is 8.42 Å². The van der Waals surface area contributed by atoms with Crippen LogP contribution in [0.3, 0.4) is 0 Å². The number of carbonyl (C=O) groups excluding carboxylic acids is 1. The number of nitrogens with one attached hydrogen (secondary N) is 2. The molecular formula is C28H28N2O4S. The van der Waals surface area contributed by atoms with Gasteiger partial charge in [0.05, 0.1) is 17.1 Å². The lowest BCUT2D eigenvalue weighted by Gasteiger charge is -2.14. The zero-order valence-electron chi connectivity index (χ0n) is 20.0. The van der Waals surface area contributed by atoms with Crippen molar-refractivity contribution in [2.45, 2.75) is 25.7 Å². The molecule has 0 atom stereocenters. The molecule has 4 aromatic rings. The van der Waals surface area contributed by atoms with Crippen LogP contribution in [0.2, 0.25) is 0 Å². The summed E-state index contributed by atoms with van der Waals surface area (Å²) < 4.78 is 34.8. The van der Waals surface area contributed by atoms with E-state index in [-0.39, 0.29) is 29.5 Å². The molecule has 0 fully saturated rings. The summed E-state index contributed by atoms with van der Waals surface area (Å²) in [4.78, 5) is 12.8. The molecule has 0 aliphatic rings. The Kier molecular flexibility index (Phi) is 7.07. The fourth-order valence-electron chi connectivity index (χ4n) is 3.83. The molecule has 0 aliphatic carbocycles. The number of sulfonamides is 1. The van der Waals surface area contributed by atoms with E-state index in [2.05, 4.69) is 10.0 Å². The van der Waals surface area contributed by atoms with Gasteiger partial charge in [0.25, 0.3) is 15.9 Å². The second-order valence-corrected chi connectivity index (χ2v) is 10.1. The summed E-state index contributed by atoms with van der Waals surface area (Å²) in [5.74, 6) is 0.383. The average molecular weight is 489 g/mol. The number of amides is 1. The van der Waals surface area contributed by atoms with Crippen LogP contribution in [-0.4, -0.2) is 27.5 Å². The van der Waals surface area contributed by atoms with E-state index in [4.69, 9.17) is 4.74 Å². The number of benzene rings is 4. The maximum absolute atomic E-state index is 13.1. The molecule has 0 spiro atoms. The first kappa shape index (κ1) is 24.3. The molecule has 0 radical (unpaired) electrons. The molecule has 7 heteroatoms. The van der Waals surface area contributed by atoms with E-state index in [9.17, 15) is 13.2 Å². The van der Waals surface area contributed by atoms with Gasteiger partial charge < -0.3 is 10.1 Å². The third-order valence-electron chi connectivity index (χ3n) is 5.77. The number of rotatable bonds is 8. The van der Waals surface area contributed by atoms with Crippen molar-refractivity contribution < 1.29 is 17.9 Å². The Morgan fingerprint density at radius 2 is 1.60 bits per heavy atom. The van der Waals surface area contributed by atoms with Crippen LogP contribution in [0.15, 0.2) is 83.8 Å². The van der Waals surface area contributed by atoms with Gasteiger partial charge in [-0.1, -0.05) is 54.6 Å². The van der Waals surface area contributed by atoms with Crippen LogP contribution in [0.4, 0.5) is 5.69 Å². The molecule has 0 aliphatic heterocycles. The SMILES string of the molecule is Cc1ccc(C)c(NS(=O)(=O)c2cc(C(=O)NCCOc3cccc4ccccc34)ccc2C)c1. The predicted molar refractivity (Wildman–Crippen MR) is 140 cm³/mol. The predicted octanol–water partition coefficient (Wildman–Crippen LogP) is 5.37. The Balaban J connectivity index is 1.43. The smallest absolute Gasteiger partial charge is 0.262 e. The van der Waals surface area contributed by atoms with Crippen molar-refractivity contribution in [3.63, 3.8) is 0 Å². The van der Waals surface area contributed by atoms with Crippen LogP contribution in [0.1, 0.15) is 27.0 Å². The molecule has 0 unspecified atom stereocenters. The molecule has 2 N–H and O–H groups in total. The highest BCUT2D eigenvalue weighted by molar-refractivity contribution is 7.92.